The van der Waals surface area contributed by atoms with E-state index in [1.807, 2.05) is 13.8 Å². The number of halogens is 1. The average molecular weight is 290 g/mol. The fourth-order valence-electron chi connectivity index (χ4n) is 1.74. The molecule has 0 saturated carbocycles. The quantitative estimate of drug-likeness (QED) is 0.684. The van der Waals surface area contributed by atoms with Crippen molar-refractivity contribution in [1.29, 1.82) is 0 Å². The minimum Gasteiger partial charge on any atom is -0.399 e. The first-order chi connectivity index (χ1) is 8.76. The lowest BCUT2D eigenvalue weighted by molar-refractivity contribution is 0.240. The zero-order valence-electron chi connectivity index (χ0n) is 10.9. The van der Waals surface area contributed by atoms with Crippen molar-refractivity contribution in [2.75, 3.05) is 12.3 Å². The molecule has 7 heteroatoms. The van der Waals surface area contributed by atoms with Gasteiger partial charge in [-0.15, -0.1) is 0 Å². The van der Waals surface area contributed by atoms with Gasteiger partial charge in [0.1, 0.15) is 10.7 Å². The summed E-state index contributed by atoms with van der Waals surface area (Å²) < 4.78 is 39.9. The Morgan fingerprint density at radius 3 is 2.58 bits per heavy atom. The summed E-state index contributed by atoms with van der Waals surface area (Å²) >= 11 is 0. The van der Waals surface area contributed by atoms with Gasteiger partial charge in [0.2, 0.25) is 10.0 Å². The maximum atomic E-state index is 13.5. The van der Waals surface area contributed by atoms with E-state index < -0.39 is 26.8 Å². The number of nitrogens with two attached hydrogens (primary N) is 1. The Morgan fingerprint density at radius 1 is 1.42 bits per heavy atom. The van der Waals surface area contributed by atoms with Gasteiger partial charge < -0.3 is 10.8 Å². The normalized spacial score (nSPS) is 13.7. The molecule has 0 amide bonds. The second-order valence-corrected chi connectivity index (χ2v) is 6.50. The first kappa shape index (κ1) is 15.9. The number of nitrogen functional groups attached to an aromatic ring is 1. The molecule has 0 fully saturated rings. The highest BCUT2D eigenvalue weighted by molar-refractivity contribution is 7.89. The SMILES string of the molecule is CC(C)CC(CO)NS(=O)(=O)c1cc(N)ccc1F. The minimum absolute atomic E-state index is 0.159. The molecule has 0 aliphatic heterocycles. The molecule has 0 aliphatic carbocycles. The highest BCUT2D eigenvalue weighted by atomic mass is 32.2. The van der Waals surface area contributed by atoms with Gasteiger partial charge in [-0.25, -0.2) is 17.5 Å². The number of hydrogen-bond donors (Lipinski definition) is 3. The third-order valence-corrected chi connectivity index (χ3v) is 4.08. The Balaban J connectivity index is 3.00. The number of nitrogens with one attached hydrogen (secondary N) is 1. The van der Waals surface area contributed by atoms with Crippen LogP contribution < -0.4 is 10.5 Å². The second-order valence-electron chi connectivity index (χ2n) is 4.82. The molecule has 1 aromatic carbocycles. The van der Waals surface area contributed by atoms with Crippen molar-refractivity contribution in [1.82, 2.24) is 4.72 Å². The molecule has 108 valence electrons. The third kappa shape index (κ3) is 4.45. The average Bonchev–Trinajstić information content (AvgIpc) is 2.30. The molecule has 0 heterocycles. The largest absolute Gasteiger partial charge is 0.399 e. The molecule has 5 nitrogen and oxygen atoms in total. The van der Waals surface area contributed by atoms with E-state index >= 15 is 0 Å². The third-order valence-electron chi connectivity index (χ3n) is 2.54. The topological polar surface area (TPSA) is 92.4 Å². The van der Waals surface area contributed by atoms with E-state index in [1.54, 1.807) is 0 Å². The van der Waals surface area contributed by atoms with Crippen LogP contribution >= 0.6 is 0 Å². The van der Waals surface area contributed by atoms with E-state index in [2.05, 4.69) is 4.72 Å². The van der Waals surface area contributed by atoms with Gasteiger partial charge in [0.05, 0.1) is 6.61 Å². The summed E-state index contributed by atoms with van der Waals surface area (Å²) in [5.41, 5.74) is 5.62. The van der Waals surface area contributed by atoms with E-state index in [4.69, 9.17) is 10.8 Å². The van der Waals surface area contributed by atoms with E-state index in [0.29, 0.717) is 6.42 Å². The Kier molecular flexibility index (Phi) is 5.28. The van der Waals surface area contributed by atoms with Crippen LogP contribution in [-0.2, 0) is 10.0 Å². The van der Waals surface area contributed by atoms with Crippen LogP contribution in [0, 0.1) is 11.7 Å². The number of aliphatic hydroxyl groups is 1. The summed E-state index contributed by atoms with van der Waals surface area (Å²) in [7, 11) is -4.04. The van der Waals surface area contributed by atoms with Crippen molar-refractivity contribution in [3.05, 3.63) is 24.0 Å². The Morgan fingerprint density at radius 2 is 2.05 bits per heavy atom. The predicted molar refractivity (Wildman–Crippen MR) is 71.5 cm³/mol. The van der Waals surface area contributed by atoms with Gasteiger partial charge in [-0.05, 0) is 30.5 Å². The van der Waals surface area contributed by atoms with Crippen LogP contribution in [0.15, 0.2) is 23.1 Å². The molecule has 0 aromatic heterocycles. The fourth-order valence-corrected chi connectivity index (χ4v) is 3.09. The van der Waals surface area contributed by atoms with Crippen LogP contribution in [0.5, 0.6) is 0 Å². The zero-order chi connectivity index (χ0) is 14.6. The standard InChI is InChI=1S/C12H19FN2O3S/c1-8(2)5-10(7-16)15-19(17,18)12-6-9(14)3-4-11(12)13/h3-4,6,8,10,15-16H,5,7,14H2,1-2H3. The van der Waals surface area contributed by atoms with Crippen molar-refractivity contribution in [2.45, 2.75) is 31.2 Å². The first-order valence-electron chi connectivity index (χ1n) is 5.94. The molecule has 0 radical (unpaired) electrons. The number of sulfonamides is 1. The molecule has 1 atom stereocenters. The molecular weight excluding hydrogens is 271 g/mol. The van der Waals surface area contributed by atoms with Gasteiger partial charge in [-0.3, -0.25) is 0 Å². The number of anilines is 1. The van der Waals surface area contributed by atoms with Crippen LogP contribution in [0.3, 0.4) is 0 Å². The number of hydrogen-bond acceptors (Lipinski definition) is 4. The zero-order valence-corrected chi connectivity index (χ0v) is 11.7. The van der Waals surface area contributed by atoms with Gasteiger partial charge >= 0.3 is 0 Å². The summed E-state index contributed by atoms with van der Waals surface area (Å²) in [5.74, 6) is -0.673. The van der Waals surface area contributed by atoms with Crippen molar-refractivity contribution < 1.29 is 17.9 Å². The van der Waals surface area contributed by atoms with Crippen molar-refractivity contribution in [2.24, 2.45) is 5.92 Å². The van der Waals surface area contributed by atoms with Crippen LogP contribution in [0.25, 0.3) is 0 Å². The lowest BCUT2D eigenvalue weighted by atomic mass is 10.1. The van der Waals surface area contributed by atoms with Crippen LogP contribution in [0.4, 0.5) is 10.1 Å². The summed E-state index contributed by atoms with van der Waals surface area (Å²) in [6.45, 7) is 3.46. The van der Waals surface area contributed by atoms with E-state index in [9.17, 15) is 12.8 Å². The molecule has 1 rings (SSSR count). The lowest BCUT2D eigenvalue weighted by Crippen LogP contribution is -2.38. The Hall–Kier alpha value is -1.18. The number of aliphatic hydroxyl groups excluding tert-OH is 1. The summed E-state index contributed by atoms with van der Waals surface area (Å²) in [4.78, 5) is -0.505. The predicted octanol–water partition coefficient (Wildman–Crippen LogP) is 1.09. The molecule has 19 heavy (non-hydrogen) atoms. The Labute approximate surface area is 112 Å². The van der Waals surface area contributed by atoms with Gasteiger partial charge in [0, 0.05) is 11.7 Å². The highest BCUT2D eigenvalue weighted by Gasteiger charge is 2.23. The van der Waals surface area contributed by atoms with E-state index in [0.717, 1.165) is 12.1 Å². The first-order valence-corrected chi connectivity index (χ1v) is 7.42. The molecular formula is C12H19FN2O3S. The van der Waals surface area contributed by atoms with E-state index in [-0.39, 0.29) is 18.2 Å². The molecule has 1 unspecified atom stereocenters. The van der Waals surface area contributed by atoms with Gasteiger partial charge in [-0.1, -0.05) is 13.8 Å². The summed E-state index contributed by atoms with van der Waals surface area (Å²) in [6, 6.07) is 2.69. The maximum Gasteiger partial charge on any atom is 0.243 e. The molecule has 0 saturated heterocycles. The molecule has 4 N–H and O–H groups in total. The van der Waals surface area contributed by atoms with Gasteiger partial charge in [0.15, 0.2) is 0 Å². The fraction of sp³-hybridized carbons (Fsp3) is 0.500. The lowest BCUT2D eigenvalue weighted by Gasteiger charge is -2.18. The smallest absolute Gasteiger partial charge is 0.243 e. The van der Waals surface area contributed by atoms with Crippen molar-refractivity contribution in [3.63, 3.8) is 0 Å². The second kappa shape index (κ2) is 6.31. The maximum absolute atomic E-state index is 13.5. The van der Waals surface area contributed by atoms with Crippen LogP contribution in [-0.4, -0.2) is 26.2 Å². The number of benzene rings is 1. The van der Waals surface area contributed by atoms with Crippen molar-refractivity contribution >= 4 is 15.7 Å². The van der Waals surface area contributed by atoms with Gasteiger partial charge in [0.25, 0.3) is 0 Å². The molecule has 0 aliphatic rings. The molecule has 1 aromatic rings. The summed E-state index contributed by atoms with van der Waals surface area (Å²) in [5, 5.41) is 9.16. The Bertz CT molecular complexity index is 532. The molecule has 0 spiro atoms. The van der Waals surface area contributed by atoms with Gasteiger partial charge in [-0.2, -0.15) is 0 Å². The summed E-state index contributed by atoms with van der Waals surface area (Å²) in [6.07, 6.45) is 0.458. The highest BCUT2D eigenvalue weighted by Crippen LogP contribution is 2.18. The van der Waals surface area contributed by atoms with Crippen molar-refractivity contribution in [3.8, 4) is 0 Å². The van der Waals surface area contributed by atoms with E-state index in [1.165, 1.54) is 6.07 Å². The molecule has 0 bridgehead atoms. The minimum atomic E-state index is -4.04. The monoisotopic (exact) mass is 290 g/mol. The number of rotatable bonds is 6. The van der Waals surface area contributed by atoms with Crippen LogP contribution in [0.1, 0.15) is 20.3 Å². The van der Waals surface area contributed by atoms with Crippen LogP contribution in [0.2, 0.25) is 0 Å².